The van der Waals surface area contributed by atoms with Crippen LogP contribution in [0.25, 0.3) is 0 Å². The Morgan fingerprint density at radius 3 is 2.50 bits per heavy atom. The van der Waals surface area contributed by atoms with Crippen LogP contribution in [-0.2, 0) is 6.61 Å². The van der Waals surface area contributed by atoms with Gasteiger partial charge in [0.05, 0.1) is 15.8 Å². The maximum Gasteiger partial charge on any atom is 0.212 e. The first-order valence-corrected chi connectivity index (χ1v) is 8.22. The molecule has 26 heavy (non-hydrogen) atoms. The van der Waals surface area contributed by atoms with E-state index in [-0.39, 0.29) is 12.3 Å². The van der Waals surface area contributed by atoms with Crippen molar-refractivity contribution in [2.45, 2.75) is 6.61 Å². The predicted molar refractivity (Wildman–Crippen MR) is 99.6 cm³/mol. The molecule has 0 aliphatic carbocycles. The minimum Gasteiger partial charge on any atom is -0.489 e. The first-order valence-electron chi connectivity index (χ1n) is 7.46. The summed E-state index contributed by atoms with van der Waals surface area (Å²) in [5.41, 5.74) is 7.98. The second-order valence-electron chi connectivity index (χ2n) is 5.36. The quantitative estimate of drug-likeness (QED) is 0.381. The van der Waals surface area contributed by atoms with Gasteiger partial charge in [-0.3, -0.25) is 10.4 Å². The van der Waals surface area contributed by atoms with Crippen LogP contribution in [0.4, 0.5) is 10.1 Å². The van der Waals surface area contributed by atoms with Gasteiger partial charge in [-0.2, -0.15) is 4.39 Å². The number of nitrogens with one attached hydrogen (secondary N) is 1. The van der Waals surface area contributed by atoms with Gasteiger partial charge in [-0.05, 0) is 30.3 Å². The number of hydrogen-bond donors (Lipinski definition) is 2. The predicted octanol–water partition coefficient (Wildman–Crippen LogP) is 4.50. The second kappa shape index (κ2) is 7.68. The van der Waals surface area contributed by atoms with Crippen molar-refractivity contribution in [2.24, 2.45) is 0 Å². The van der Waals surface area contributed by atoms with E-state index in [1.165, 1.54) is 30.7 Å². The van der Waals surface area contributed by atoms with Crippen LogP contribution in [0.15, 0.2) is 48.9 Å². The summed E-state index contributed by atoms with van der Waals surface area (Å²) in [7, 11) is 0. The lowest BCUT2D eigenvalue weighted by molar-refractivity contribution is 0.306. The van der Waals surface area contributed by atoms with Crippen LogP contribution in [0.5, 0.6) is 5.75 Å². The fourth-order valence-electron chi connectivity index (χ4n) is 2.25. The summed E-state index contributed by atoms with van der Waals surface area (Å²) in [6.45, 7) is 0.134. The lowest BCUT2D eigenvalue weighted by Gasteiger charge is -2.12. The monoisotopic (exact) mass is 390 g/mol. The fraction of sp³-hybridized carbons (Fsp3) is 0.0556. The molecule has 0 aliphatic rings. The van der Waals surface area contributed by atoms with Gasteiger partial charge in [-0.1, -0.05) is 23.2 Å². The lowest BCUT2D eigenvalue weighted by atomic mass is 10.0. The third-order valence-electron chi connectivity index (χ3n) is 3.65. The van der Waals surface area contributed by atoms with E-state index in [4.69, 9.17) is 39.1 Å². The third-order valence-corrected chi connectivity index (χ3v) is 4.30. The van der Waals surface area contributed by atoms with Gasteiger partial charge in [0.1, 0.15) is 12.4 Å². The topological polar surface area (TPSA) is 84.9 Å². The van der Waals surface area contributed by atoms with Gasteiger partial charge in [-0.25, -0.2) is 4.98 Å². The van der Waals surface area contributed by atoms with Crippen molar-refractivity contribution in [2.75, 3.05) is 5.73 Å². The smallest absolute Gasteiger partial charge is 0.212 e. The summed E-state index contributed by atoms with van der Waals surface area (Å²) >= 11 is 12.2. The number of benzene rings is 1. The zero-order valence-electron chi connectivity index (χ0n) is 13.3. The summed E-state index contributed by atoms with van der Waals surface area (Å²) in [5.74, 6) is -0.129. The van der Waals surface area contributed by atoms with E-state index in [1.807, 2.05) is 0 Å². The Balaban J connectivity index is 1.83. The van der Waals surface area contributed by atoms with Gasteiger partial charge >= 0.3 is 0 Å². The number of aromatic nitrogens is 2. The van der Waals surface area contributed by atoms with Gasteiger partial charge in [0.15, 0.2) is 0 Å². The molecule has 0 atom stereocenters. The molecule has 3 aromatic rings. The van der Waals surface area contributed by atoms with E-state index in [0.717, 1.165) is 0 Å². The Morgan fingerprint density at radius 1 is 1.12 bits per heavy atom. The highest BCUT2D eigenvalue weighted by Gasteiger charge is 2.12. The highest BCUT2D eigenvalue weighted by molar-refractivity contribution is 6.35. The van der Waals surface area contributed by atoms with E-state index in [1.54, 1.807) is 18.2 Å². The molecule has 3 N–H and O–H groups in total. The Labute approximate surface area is 159 Å². The van der Waals surface area contributed by atoms with Crippen LogP contribution in [0, 0.1) is 11.4 Å². The van der Waals surface area contributed by atoms with Crippen molar-refractivity contribution in [1.29, 1.82) is 5.41 Å². The molecule has 0 aliphatic heterocycles. The average molecular weight is 391 g/mol. The Morgan fingerprint density at radius 2 is 1.85 bits per heavy atom. The van der Waals surface area contributed by atoms with E-state index in [9.17, 15) is 4.39 Å². The minimum absolute atomic E-state index is 0.112. The largest absolute Gasteiger partial charge is 0.489 e. The fourth-order valence-corrected chi connectivity index (χ4v) is 2.73. The number of pyridine rings is 2. The molecule has 1 aromatic carbocycles. The molecule has 0 spiro atoms. The highest BCUT2D eigenvalue weighted by atomic mass is 35.5. The van der Waals surface area contributed by atoms with Crippen molar-refractivity contribution >= 4 is 34.6 Å². The van der Waals surface area contributed by atoms with Crippen LogP contribution in [0.3, 0.4) is 0 Å². The summed E-state index contributed by atoms with van der Waals surface area (Å²) in [6, 6.07) is 7.59. The van der Waals surface area contributed by atoms with Crippen molar-refractivity contribution in [3.63, 3.8) is 0 Å². The molecular weight excluding hydrogens is 378 g/mol. The second-order valence-corrected chi connectivity index (χ2v) is 6.18. The molecule has 0 saturated carbocycles. The normalized spacial score (nSPS) is 10.6. The van der Waals surface area contributed by atoms with Crippen molar-refractivity contribution < 1.29 is 9.13 Å². The van der Waals surface area contributed by atoms with Crippen molar-refractivity contribution in [1.82, 2.24) is 9.97 Å². The minimum atomic E-state index is -0.613. The van der Waals surface area contributed by atoms with Gasteiger partial charge < -0.3 is 10.5 Å². The van der Waals surface area contributed by atoms with Gasteiger partial charge in [-0.15, -0.1) is 0 Å². The van der Waals surface area contributed by atoms with Crippen LogP contribution in [0.1, 0.15) is 16.7 Å². The van der Waals surface area contributed by atoms with Crippen LogP contribution in [-0.4, -0.2) is 15.7 Å². The zero-order valence-corrected chi connectivity index (χ0v) is 14.9. The number of ether oxygens (including phenoxy) is 1. The maximum atomic E-state index is 13.0. The van der Waals surface area contributed by atoms with Gasteiger partial charge in [0.2, 0.25) is 5.95 Å². The summed E-state index contributed by atoms with van der Waals surface area (Å²) in [4.78, 5) is 7.45. The molecule has 5 nitrogen and oxygen atoms in total. The van der Waals surface area contributed by atoms with E-state index in [0.29, 0.717) is 38.2 Å². The molecule has 0 bridgehead atoms. The molecule has 2 aromatic heterocycles. The van der Waals surface area contributed by atoms with Crippen LogP contribution in [0.2, 0.25) is 10.0 Å². The van der Waals surface area contributed by atoms with Crippen LogP contribution >= 0.6 is 23.2 Å². The highest BCUT2D eigenvalue weighted by Crippen LogP contribution is 2.27. The summed E-state index contributed by atoms with van der Waals surface area (Å²) in [5, 5.41) is 9.10. The van der Waals surface area contributed by atoms with Gasteiger partial charge in [0, 0.05) is 41.0 Å². The lowest BCUT2D eigenvalue weighted by Crippen LogP contribution is -2.07. The summed E-state index contributed by atoms with van der Waals surface area (Å²) in [6.07, 6.45) is 4.25. The third kappa shape index (κ3) is 3.92. The van der Waals surface area contributed by atoms with Crippen LogP contribution < -0.4 is 10.5 Å². The standard InChI is InChI=1S/C18H13Cl2FN4O/c19-14-7-24-8-15(20)13(14)9-26-11-2-3-16(22)12(5-11)18(23)10-1-4-17(21)25-6-10/h1-8,23H,9,22H2. The summed E-state index contributed by atoms with van der Waals surface area (Å²) < 4.78 is 18.7. The van der Waals surface area contributed by atoms with E-state index >= 15 is 0 Å². The first-order chi connectivity index (χ1) is 12.5. The number of hydrogen-bond acceptors (Lipinski definition) is 5. The number of rotatable bonds is 5. The number of nitrogens with zero attached hydrogens (tertiary/aromatic N) is 2. The molecule has 132 valence electrons. The van der Waals surface area contributed by atoms with Gasteiger partial charge in [0.25, 0.3) is 0 Å². The molecule has 0 amide bonds. The Hall–Kier alpha value is -2.70. The molecule has 2 heterocycles. The number of nitrogens with two attached hydrogens (primary N) is 1. The molecule has 8 heteroatoms. The number of halogens is 3. The average Bonchev–Trinajstić information content (AvgIpc) is 2.62. The first kappa shape index (κ1) is 18.1. The van der Waals surface area contributed by atoms with Crippen molar-refractivity contribution in [3.8, 4) is 5.75 Å². The molecular formula is C18H13Cl2FN4O. The maximum absolute atomic E-state index is 13.0. The zero-order chi connectivity index (χ0) is 18.7. The SMILES string of the molecule is N=C(c1ccc(F)nc1)c1cc(OCc2c(Cl)cncc2Cl)ccc1N. The van der Waals surface area contributed by atoms with E-state index < -0.39 is 5.95 Å². The molecule has 0 radical (unpaired) electrons. The Kier molecular flexibility index (Phi) is 5.35. The number of anilines is 1. The number of nitrogen functional groups attached to an aromatic ring is 1. The molecule has 0 fully saturated rings. The Bertz CT molecular complexity index is 944. The molecule has 0 saturated heterocycles. The molecule has 3 rings (SSSR count). The van der Waals surface area contributed by atoms with E-state index in [2.05, 4.69) is 9.97 Å². The van der Waals surface area contributed by atoms with Crippen molar-refractivity contribution in [3.05, 3.63) is 81.6 Å². The molecule has 0 unspecified atom stereocenters.